The van der Waals surface area contributed by atoms with E-state index in [-0.39, 0.29) is 28.8 Å². The highest BCUT2D eigenvalue weighted by Gasteiger charge is 2.25. The minimum atomic E-state index is -0.619. The third-order valence-corrected chi connectivity index (χ3v) is 4.23. The Morgan fingerprint density at radius 2 is 2.11 bits per heavy atom. The van der Waals surface area contributed by atoms with Crippen molar-refractivity contribution in [2.24, 2.45) is 0 Å². The van der Waals surface area contributed by atoms with Crippen molar-refractivity contribution >= 4 is 5.78 Å². The number of nitriles is 1. The molecule has 2 aromatic rings. The Labute approximate surface area is 157 Å². The van der Waals surface area contributed by atoms with Gasteiger partial charge in [-0.15, -0.1) is 0 Å². The average molecular weight is 370 g/mol. The Balaban J connectivity index is 2.56. The van der Waals surface area contributed by atoms with E-state index in [9.17, 15) is 20.0 Å². The van der Waals surface area contributed by atoms with E-state index < -0.39 is 17.2 Å². The number of carbonyl (C=O) groups excluding carboxylic acids is 1. The van der Waals surface area contributed by atoms with E-state index in [1.165, 1.54) is 20.1 Å². The standard InChI is InChI=1S/C20H22N2O5/c1-4-27-10-6-9-22-19(24)16(12-21)13(2)17(20(22)25)18(23)14-7-5-8-15(11-14)26-3/h5,7-8,11,25H,4,6,9-10H2,1-3H3. The zero-order valence-electron chi connectivity index (χ0n) is 15.6. The van der Waals surface area contributed by atoms with Crippen LogP contribution in [0.25, 0.3) is 0 Å². The largest absolute Gasteiger partial charge is 0.497 e. The predicted molar refractivity (Wildman–Crippen MR) is 99.4 cm³/mol. The molecule has 0 bridgehead atoms. The molecule has 0 radical (unpaired) electrons. The fourth-order valence-electron chi connectivity index (χ4n) is 2.81. The number of rotatable bonds is 8. The van der Waals surface area contributed by atoms with Crippen LogP contribution in [0.3, 0.4) is 0 Å². The summed E-state index contributed by atoms with van der Waals surface area (Å²) in [7, 11) is 1.48. The normalized spacial score (nSPS) is 10.4. The van der Waals surface area contributed by atoms with Gasteiger partial charge < -0.3 is 14.6 Å². The highest BCUT2D eigenvalue weighted by atomic mass is 16.5. The second-order valence-electron chi connectivity index (χ2n) is 5.88. The van der Waals surface area contributed by atoms with E-state index in [1.807, 2.05) is 13.0 Å². The van der Waals surface area contributed by atoms with Crippen LogP contribution in [0.4, 0.5) is 0 Å². The number of aromatic hydroxyl groups is 1. The molecule has 0 unspecified atom stereocenters. The van der Waals surface area contributed by atoms with Gasteiger partial charge in [0.1, 0.15) is 17.4 Å². The number of aromatic nitrogens is 1. The molecule has 7 heteroatoms. The predicted octanol–water partition coefficient (Wildman–Crippen LogP) is 2.40. The van der Waals surface area contributed by atoms with Crippen LogP contribution >= 0.6 is 0 Å². The molecule has 7 nitrogen and oxygen atoms in total. The van der Waals surface area contributed by atoms with Crippen LogP contribution < -0.4 is 10.3 Å². The molecule has 1 N–H and O–H groups in total. The van der Waals surface area contributed by atoms with Crippen molar-refractivity contribution in [3.63, 3.8) is 0 Å². The monoisotopic (exact) mass is 370 g/mol. The van der Waals surface area contributed by atoms with E-state index in [4.69, 9.17) is 9.47 Å². The molecule has 27 heavy (non-hydrogen) atoms. The smallest absolute Gasteiger partial charge is 0.271 e. The lowest BCUT2D eigenvalue weighted by Crippen LogP contribution is -2.27. The number of pyridine rings is 1. The Bertz CT molecular complexity index is 941. The maximum Gasteiger partial charge on any atom is 0.271 e. The Morgan fingerprint density at radius 1 is 1.37 bits per heavy atom. The van der Waals surface area contributed by atoms with Crippen LogP contribution in [0.5, 0.6) is 11.6 Å². The second kappa shape index (κ2) is 9.01. The Hall–Kier alpha value is -3.11. The molecular weight excluding hydrogens is 348 g/mol. The lowest BCUT2D eigenvalue weighted by atomic mass is 9.97. The number of hydrogen-bond acceptors (Lipinski definition) is 6. The lowest BCUT2D eigenvalue weighted by molar-refractivity contribution is 0.103. The maximum atomic E-state index is 13.0. The molecule has 1 aromatic carbocycles. The molecule has 0 spiro atoms. The molecule has 0 aliphatic heterocycles. The zero-order valence-corrected chi connectivity index (χ0v) is 15.6. The molecule has 142 valence electrons. The van der Waals surface area contributed by atoms with E-state index in [2.05, 4.69) is 0 Å². The van der Waals surface area contributed by atoms with Crippen molar-refractivity contribution in [2.45, 2.75) is 26.8 Å². The van der Waals surface area contributed by atoms with Gasteiger partial charge >= 0.3 is 0 Å². The first-order valence-electron chi connectivity index (χ1n) is 8.59. The first kappa shape index (κ1) is 20.2. The molecule has 0 amide bonds. The highest BCUT2D eigenvalue weighted by Crippen LogP contribution is 2.26. The number of ether oxygens (including phenoxy) is 2. The summed E-state index contributed by atoms with van der Waals surface area (Å²) >= 11 is 0. The van der Waals surface area contributed by atoms with Crippen molar-refractivity contribution < 1.29 is 19.4 Å². The fourth-order valence-corrected chi connectivity index (χ4v) is 2.81. The summed E-state index contributed by atoms with van der Waals surface area (Å²) in [5, 5.41) is 20.0. The molecule has 1 heterocycles. The molecule has 0 aliphatic rings. The topological polar surface area (TPSA) is 102 Å². The highest BCUT2D eigenvalue weighted by molar-refractivity contribution is 6.11. The van der Waals surface area contributed by atoms with Crippen LogP contribution in [0, 0.1) is 18.3 Å². The minimum absolute atomic E-state index is 0.0594. The summed E-state index contributed by atoms with van der Waals surface area (Å²) in [5.74, 6) is -0.441. The Morgan fingerprint density at radius 3 is 2.74 bits per heavy atom. The molecule has 1 aromatic heterocycles. The van der Waals surface area contributed by atoms with Crippen LogP contribution in [0.15, 0.2) is 29.1 Å². The number of carbonyl (C=O) groups is 1. The van der Waals surface area contributed by atoms with Crippen molar-refractivity contribution in [3.05, 3.63) is 56.9 Å². The number of benzene rings is 1. The van der Waals surface area contributed by atoms with Gasteiger partial charge in [0.25, 0.3) is 5.56 Å². The summed E-state index contributed by atoms with van der Waals surface area (Å²) in [4.78, 5) is 25.5. The van der Waals surface area contributed by atoms with Gasteiger partial charge in [-0.05, 0) is 38.0 Å². The van der Waals surface area contributed by atoms with E-state index in [1.54, 1.807) is 18.2 Å². The van der Waals surface area contributed by atoms with E-state index >= 15 is 0 Å². The van der Waals surface area contributed by atoms with Crippen molar-refractivity contribution in [1.82, 2.24) is 4.57 Å². The molecule has 0 aliphatic carbocycles. The summed E-state index contributed by atoms with van der Waals surface area (Å²) in [6, 6.07) is 8.32. The molecular formula is C20H22N2O5. The third-order valence-electron chi connectivity index (χ3n) is 4.23. The van der Waals surface area contributed by atoms with E-state index in [0.29, 0.717) is 25.4 Å². The van der Waals surface area contributed by atoms with Crippen LogP contribution in [0.2, 0.25) is 0 Å². The quantitative estimate of drug-likeness (QED) is 0.565. The SMILES string of the molecule is CCOCCCn1c(O)c(C(=O)c2cccc(OC)c2)c(C)c(C#N)c1=O. The number of hydrogen-bond donors (Lipinski definition) is 1. The summed E-state index contributed by atoms with van der Waals surface area (Å²) in [6.45, 7) is 4.42. The summed E-state index contributed by atoms with van der Waals surface area (Å²) < 4.78 is 11.4. The van der Waals surface area contributed by atoms with Crippen LogP contribution in [-0.4, -0.2) is 35.8 Å². The van der Waals surface area contributed by atoms with E-state index in [0.717, 1.165) is 4.57 Å². The Kier molecular flexibility index (Phi) is 6.74. The third kappa shape index (κ3) is 4.18. The van der Waals surface area contributed by atoms with Gasteiger partial charge in [0.2, 0.25) is 5.88 Å². The number of nitrogens with zero attached hydrogens (tertiary/aromatic N) is 2. The summed E-state index contributed by atoms with van der Waals surface area (Å²) in [5.41, 5.74) is -0.387. The van der Waals surface area contributed by atoms with Crippen LogP contribution in [-0.2, 0) is 11.3 Å². The van der Waals surface area contributed by atoms with Gasteiger partial charge in [-0.1, -0.05) is 12.1 Å². The molecule has 0 saturated heterocycles. The number of methoxy groups -OCH3 is 1. The second-order valence-corrected chi connectivity index (χ2v) is 5.88. The number of ketones is 1. The van der Waals surface area contributed by atoms with Gasteiger partial charge in [-0.3, -0.25) is 14.2 Å². The van der Waals surface area contributed by atoms with Gasteiger partial charge in [-0.25, -0.2) is 0 Å². The van der Waals surface area contributed by atoms with Crippen molar-refractivity contribution in [1.29, 1.82) is 5.26 Å². The van der Waals surface area contributed by atoms with Crippen molar-refractivity contribution in [3.8, 4) is 17.7 Å². The minimum Gasteiger partial charge on any atom is -0.497 e. The van der Waals surface area contributed by atoms with Gasteiger partial charge in [0, 0.05) is 25.3 Å². The lowest BCUT2D eigenvalue weighted by Gasteiger charge is -2.15. The molecule has 0 saturated carbocycles. The zero-order chi connectivity index (χ0) is 20.0. The van der Waals surface area contributed by atoms with Gasteiger partial charge in [0.05, 0.1) is 12.7 Å². The molecule has 2 rings (SSSR count). The van der Waals surface area contributed by atoms with Gasteiger partial charge in [-0.2, -0.15) is 5.26 Å². The first-order valence-corrected chi connectivity index (χ1v) is 8.59. The van der Waals surface area contributed by atoms with Crippen LogP contribution in [0.1, 0.15) is 40.4 Å². The fraction of sp³-hybridized carbons (Fsp3) is 0.350. The maximum absolute atomic E-state index is 13.0. The van der Waals surface area contributed by atoms with Gasteiger partial charge in [0.15, 0.2) is 5.78 Å². The summed E-state index contributed by atoms with van der Waals surface area (Å²) in [6.07, 6.45) is 0.460. The molecule has 0 fully saturated rings. The first-order chi connectivity index (χ1) is 13.0. The van der Waals surface area contributed by atoms with Crippen molar-refractivity contribution in [2.75, 3.05) is 20.3 Å². The average Bonchev–Trinajstić information content (AvgIpc) is 2.67. The molecule has 0 atom stereocenters.